The number of nitrogen functional groups attached to an aromatic ring is 1. The van der Waals surface area contributed by atoms with Crippen molar-refractivity contribution < 1.29 is 4.92 Å². The van der Waals surface area contributed by atoms with E-state index in [9.17, 15) is 10.1 Å². The summed E-state index contributed by atoms with van der Waals surface area (Å²) >= 11 is 3.33. The molecule has 2 aromatic rings. The zero-order valence-corrected chi connectivity index (χ0v) is 9.19. The Morgan fingerprint density at radius 2 is 2.00 bits per heavy atom. The Bertz CT molecular complexity index is 546. The Morgan fingerprint density at radius 3 is 2.67 bits per heavy atom. The van der Waals surface area contributed by atoms with Crippen LogP contribution in [0.3, 0.4) is 0 Å². The van der Waals surface area contributed by atoms with Gasteiger partial charge in [0.05, 0.1) is 10.3 Å². The molecule has 0 amide bonds. The second-order valence-corrected chi connectivity index (χ2v) is 3.95. The number of halogens is 1. The topological polar surface area (TPSA) is 69.2 Å². The van der Waals surface area contributed by atoms with Crippen LogP contribution in [0.5, 0.6) is 0 Å². The number of fused-ring (bicyclic) bond motifs is 1. The highest BCUT2D eigenvalue weighted by Crippen LogP contribution is 2.34. The van der Waals surface area contributed by atoms with E-state index in [4.69, 9.17) is 5.73 Å². The summed E-state index contributed by atoms with van der Waals surface area (Å²) in [5, 5.41) is 12.0. The van der Waals surface area contributed by atoms with Crippen molar-refractivity contribution in [2.75, 3.05) is 5.73 Å². The average molecular weight is 267 g/mol. The molecule has 0 saturated carbocycles. The summed E-state index contributed by atoms with van der Waals surface area (Å²) in [6, 6.07) is 8.21. The van der Waals surface area contributed by atoms with Crippen LogP contribution in [0.1, 0.15) is 0 Å². The van der Waals surface area contributed by atoms with Crippen LogP contribution in [0.25, 0.3) is 10.8 Å². The van der Waals surface area contributed by atoms with Gasteiger partial charge in [0, 0.05) is 21.6 Å². The molecule has 0 bridgehead atoms. The lowest BCUT2D eigenvalue weighted by molar-refractivity contribution is -0.383. The molecule has 2 N–H and O–H groups in total. The van der Waals surface area contributed by atoms with E-state index >= 15 is 0 Å². The molecule has 2 aromatic carbocycles. The zero-order chi connectivity index (χ0) is 11.0. The maximum Gasteiger partial charge on any atom is 0.277 e. The molecule has 0 spiro atoms. The minimum absolute atomic E-state index is 0.0699. The molecule has 0 fully saturated rings. The number of hydrogen-bond donors (Lipinski definition) is 1. The summed E-state index contributed by atoms with van der Waals surface area (Å²) in [6.45, 7) is 0. The number of nitrogens with two attached hydrogens (primary N) is 1. The van der Waals surface area contributed by atoms with E-state index in [2.05, 4.69) is 15.9 Å². The number of anilines is 1. The van der Waals surface area contributed by atoms with Gasteiger partial charge in [0.2, 0.25) is 0 Å². The Balaban J connectivity index is 2.95. The summed E-state index contributed by atoms with van der Waals surface area (Å²) in [5.74, 6) is 0. The molecule has 0 atom stereocenters. The Morgan fingerprint density at radius 1 is 1.27 bits per heavy atom. The molecule has 0 aliphatic heterocycles. The van der Waals surface area contributed by atoms with Crippen molar-refractivity contribution in [3.8, 4) is 0 Å². The molecule has 0 heterocycles. The predicted octanol–water partition coefficient (Wildman–Crippen LogP) is 3.09. The summed E-state index contributed by atoms with van der Waals surface area (Å²) in [5.41, 5.74) is 6.37. The third-order valence-electron chi connectivity index (χ3n) is 2.20. The fourth-order valence-corrected chi connectivity index (χ4v) is 2.13. The van der Waals surface area contributed by atoms with Crippen molar-refractivity contribution in [1.82, 2.24) is 0 Å². The van der Waals surface area contributed by atoms with Crippen molar-refractivity contribution in [3.63, 3.8) is 0 Å². The number of hydrogen-bond acceptors (Lipinski definition) is 3. The first-order valence-electron chi connectivity index (χ1n) is 4.22. The van der Waals surface area contributed by atoms with Crippen molar-refractivity contribution in [1.29, 1.82) is 0 Å². The lowest BCUT2D eigenvalue weighted by Gasteiger charge is -2.04. The molecule has 2 rings (SSSR count). The van der Waals surface area contributed by atoms with Gasteiger partial charge in [-0.05, 0) is 18.2 Å². The molecule has 4 nitrogen and oxygen atoms in total. The highest BCUT2D eigenvalue weighted by molar-refractivity contribution is 9.10. The van der Waals surface area contributed by atoms with Crippen LogP contribution in [-0.4, -0.2) is 4.92 Å². The van der Waals surface area contributed by atoms with Gasteiger partial charge in [-0.3, -0.25) is 10.1 Å². The molecule has 0 aliphatic carbocycles. The molecule has 15 heavy (non-hydrogen) atoms. The second-order valence-electron chi connectivity index (χ2n) is 3.09. The van der Waals surface area contributed by atoms with E-state index in [1.807, 2.05) is 6.07 Å². The summed E-state index contributed by atoms with van der Waals surface area (Å²) in [4.78, 5) is 10.4. The zero-order valence-electron chi connectivity index (χ0n) is 7.61. The summed E-state index contributed by atoms with van der Waals surface area (Å²) < 4.78 is 0.765. The second kappa shape index (κ2) is 3.51. The number of non-ortho nitro benzene ring substituents is 1. The fraction of sp³-hybridized carbons (Fsp3) is 0. The SMILES string of the molecule is Nc1ccc([N+](=O)[O-])c2cccc(Br)c12. The first-order chi connectivity index (χ1) is 7.11. The highest BCUT2D eigenvalue weighted by atomic mass is 79.9. The fourth-order valence-electron chi connectivity index (χ4n) is 1.53. The van der Waals surface area contributed by atoms with Gasteiger partial charge in [-0.25, -0.2) is 0 Å². The average Bonchev–Trinajstić information content (AvgIpc) is 2.17. The molecule has 0 saturated heterocycles. The molecule has 76 valence electrons. The van der Waals surface area contributed by atoms with E-state index in [1.54, 1.807) is 18.2 Å². The van der Waals surface area contributed by atoms with Crippen LogP contribution >= 0.6 is 15.9 Å². The first-order valence-corrected chi connectivity index (χ1v) is 5.01. The highest BCUT2D eigenvalue weighted by Gasteiger charge is 2.14. The van der Waals surface area contributed by atoms with Gasteiger partial charge in [-0.1, -0.05) is 22.0 Å². The monoisotopic (exact) mass is 266 g/mol. The van der Waals surface area contributed by atoms with Crippen molar-refractivity contribution in [3.05, 3.63) is 44.9 Å². The van der Waals surface area contributed by atoms with Gasteiger partial charge >= 0.3 is 0 Å². The quantitative estimate of drug-likeness (QED) is 0.490. The third-order valence-corrected chi connectivity index (χ3v) is 2.86. The van der Waals surface area contributed by atoms with Gasteiger partial charge < -0.3 is 5.73 Å². The van der Waals surface area contributed by atoms with Crippen LogP contribution in [0.2, 0.25) is 0 Å². The number of nitro groups is 1. The van der Waals surface area contributed by atoms with Gasteiger partial charge in [-0.15, -0.1) is 0 Å². The van der Waals surface area contributed by atoms with Crippen LogP contribution in [0, 0.1) is 10.1 Å². The van der Waals surface area contributed by atoms with E-state index in [-0.39, 0.29) is 5.69 Å². The minimum atomic E-state index is -0.409. The predicted molar refractivity (Wildman–Crippen MR) is 62.7 cm³/mol. The smallest absolute Gasteiger partial charge is 0.277 e. The Kier molecular flexibility index (Phi) is 2.32. The molecular weight excluding hydrogens is 260 g/mol. The van der Waals surface area contributed by atoms with Gasteiger partial charge in [-0.2, -0.15) is 0 Å². The lowest BCUT2D eigenvalue weighted by atomic mass is 10.1. The third kappa shape index (κ3) is 1.55. The first kappa shape index (κ1) is 9.92. The number of nitro benzene ring substituents is 1. The molecule has 0 aliphatic rings. The lowest BCUT2D eigenvalue weighted by Crippen LogP contribution is -1.93. The van der Waals surface area contributed by atoms with Gasteiger partial charge in [0.25, 0.3) is 5.69 Å². The van der Waals surface area contributed by atoms with Crippen molar-refractivity contribution in [2.45, 2.75) is 0 Å². The molecule has 0 aromatic heterocycles. The van der Waals surface area contributed by atoms with E-state index in [0.717, 1.165) is 4.47 Å². The van der Waals surface area contributed by atoms with Crippen molar-refractivity contribution >= 4 is 38.1 Å². The summed E-state index contributed by atoms with van der Waals surface area (Å²) in [7, 11) is 0. The Labute approximate surface area is 94.0 Å². The van der Waals surface area contributed by atoms with Crippen LogP contribution in [0.4, 0.5) is 11.4 Å². The Hall–Kier alpha value is -1.62. The minimum Gasteiger partial charge on any atom is -0.398 e. The standard InChI is InChI=1S/C10H7BrN2O2/c11-7-3-1-2-6-9(13(14)15)5-4-8(12)10(6)7/h1-5H,12H2. The van der Waals surface area contributed by atoms with Crippen LogP contribution in [0.15, 0.2) is 34.8 Å². The van der Waals surface area contributed by atoms with Crippen LogP contribution < -0.4 is 5.73 Å². The van der Waals surface area contributed by atoms with E-state index < -0.39 is 4.92 Å². The molecular formula is C10H7BrN2O2. The molecule has 5 heteroatoms. The number of rotatable bonds is 1. The maximum absolute atomic E-state index is 10.8. The van der Waals surface area contributed by atoms with Crippen molar-refractivity contribution in [2.24, 2.45) is 0 Å². The van der Waals surface area contributed by atoms with E-state index in [1.165, 1.54) is 6.07 Å². The normalized spacial score (nSPS) is 10.5. The number of benzene rings is 2. The molecule has 0 radical (unpaired) electrons. The summed E-state index contributed by atoms with van der Waals surface area (Å²) in [6.07, 6.45) is 0. The van der Waals surface area contributed by atoms with Gasteiger partial charge in [0.15, 0.2) is 0 Å². The number of nitrogens with zero attached hydrogens (tertiary/aromatic N) is 1. The largest absolute Gasteiger partial charge is 0.398 e. The van der Waals surface area contributed by atoms with Gasteiger partial charge in [0.1, 0.15) is 0 Å². The maximum atomic E-state index is 10.8. The molecule has 0 unspecified atom stereocenters. The van der Waals surface area contributed by atoms with E-state index in [0.29, 0.717) is 16.5 Å². The van der Waals surface area contributed by atoms with Crippen LogP contribution in [-0.2, 0) is 0 Å².